The number of likely N-dealkylation sites (N-methyl/N-ethyl adjacent to an activating group) is 1. The van der Waals surface area contributed by atoms with E-state index in [4.69, 9.17) is 13.9 Å². The molecule has 3 rings (SSSR count). The molecule has 1 atom stereocenters. The van der Waals surface area contributed by atoms with Crippen LogP contribution in [0.4, 0.5) is 0 Å². The normalized spacial score (nSPS) is 12.3. The number of hydrogen-bond acceptors (Lipinski definition) is 4. The van der Waals surface area contributed by atoms with Crippen molar-refractivity contribution in [2.24, 2.45) is 0 Å². The molecular formula is C22H28N2O4+2. The van der Waals surface area contributed by atoms with Gasteiger partial charge >= 0.3 is 5.63 Å². The lowest BCUT2D eigenvalue weighted by atomic mass is 10.0. The topological polar surface area (TPSA) is 69.7 Å². The Labute approximate surface area is 164 Å². The van der Waals surface area contributed by atoms with Crippen LogP contribution in [0.15, 0.2) is 57.7 Å². The molecule has 0 aliphatic heterocycles. The number of fused-ring (bicyclic) bond motifs is 1. The van der Waals surface area contributed by atoms with Crippen LogP contribution in [0, 0.1) is 0 Å². The number of methoxy groups -OCH3 is 2. The van der Waals surface area contributed by atoms with E-state index in [1.807, 2.05) is 24.3 Å². The molecule has 0 saturated heterocycles. The third-order valence-corrected chi connectivity index (χ3v) is 5.00. The molecule has 0 saturated carbocycles. The predicted molar refractivity (Wildman–Crippen MR) is 108 cm³/mol. The first-order valence-electron chi connectivity index (χ1n) is 9.38. The Morgan fingerprint density at radius 1 is 1.04 bits per heavy atom. The third kappa shape index (κ3) is 4.52. The van der Waals surface area contributed by atoms with Gasteiger partial charge in [-0.15, -0.1) is 0 Å². The van der Waals surface area contributed by atoms with Crippen LogP contribution in [0.5, 0.6) is 11.5 Å². The van der Waals surface area contributed by atoms with Gasteiger partial charge in [0.05, 0.1) is 28.3 Å². The number of ether oxygens (including phenoxy) is 2. The van der Waals surface area contributed by atoms with E-state index in [0.29, 0.717) is 23.9 Å². The summed E-state index contributed by atoms with van der Waals surface area (Å²) < 4.78 is 15.9. The zero-order valence-corrected chi connectivity index (χ0v) is 16.8. The summed E-state index contributed by atoms with van der Waals surface area (Å²) in [7, 11) is 7.58. The van der Waals surface area contributed by atoms with E-state index in [0.717, 1.165) is 23.2 Å². The lowest BCUT2D eigenvalue weighted by Gasteiger charge is -2.21. The Bertz CT molecular complexity index is 997. The number of nitrogens with two attached hydrogens (primary N) is 1. The fraction of sp³-hybridized carbons (Fsp3) is 0.318. The fourth-order valence-electron chi connectivity index (χ4n) is 3.47. The molecule has 6 nitrogen and oxygen atoms in total. The number of benzene rings is 2. The summed E-state index contributed by atoms with van der Waals surface area (Å²) in [6.07, 6.45) is 0. The van der Waals surface area contributed by atoms with Crippen LogP contribution in [0.2, 0.25) is 0 Å². The molecule has 1 heterocycles. The molecule has 0 spiro atoms. The highest BCUT2D eigenvalue weighted by Gasteiger charge is 2.20. The van der Waals surface area contributed by atoms with Gasteiger partial charge in [0.2, 0.25) is 0 Å². The van der Waals surface area contributed by atoms with Gasteiger partial charge in [-0.2, -0.15) is 0 Å². The Kier molecular flexibility index (Phi) is 6.34. The number of quaternary nitrogens is 2. The summed E-state index contributed by atoms with van der Waals surface area (Å²) in [6, 6.07) is 15.7. The maximum atomic E-state index is 12.0. The minimum atomic E-state index is -0.341. The molecule has 3 N–H and O–H groups in total. The minimum Gasteiger partial charge on any atom is -0.497 e. The summed E-state index contributed by atoms with van der Waals surface area (Å²) >= 11 is 0. The Hall–Kier alpha value is -2.83. The average molecular weight is 384 g/mol. The first kappa shape index (κ1) is 19.9. The summed E-state index contributed by atoms with van der Waals surface area (Å²) in [5.74, 6) is 1.54. The molecule has 28 heavy (non-hydrogen) atoms. The second-order valence-corrected chi connectivity index (χ2v) is 7.09. The van der Waals surface area contributed by atoms with Crippen molar-refractivity contribution in [1.29, 1.82) is 0 Å². The summed E-state index contributed by atoms with van der Waals surface area (Å²) in [6.45, 7) is 1.58. The van der Waals surface area contributed by atoms with Crippen molar-refractivity contribution in [3.05, 3.63) is 70.1 Å². The van der Waals surface area contributed by atoms with Crippen LogP contribution < -0.4 is 25.3 Å². The first-order chi connectivity index (χ1) is 13.5. The maximum absolute atomic E-state index is 12.0. The van der Waals surface area contributed by atoms with Gasteiger partial charge in [0, 0.05) is 28.6 Å². The third-order valence-electron chi connectivity index (χ3n) is 5.00. The van der Waals surface area contributed by atoms with E-state index in [2.05, 4.69) is 31.5 Å². The lowest BCUT2D eigenvalue weighted by molar-refractivity contribution is -0.910. The highest BCUT2D eigenvalue weighted by molar-refractivity contribution is 5.81. The monoisotopic (exact) mass is 384 g/mol. The standard InChI is InChI=1S/C22H26N2O4/c1-24(2)20(15-6-5-7-17(10-15)26-3)14-23-13-16-11-22(25)28-21-12-18(27-4)8-9-19(16)21/h5-12,20,23H,13-14H2,1-4H3/p+2/t20-/m1/s1. The molecule has 6 heteroatoms. The SMILES string of the molecule is COc1cccc([C@@H](C[NH2+]Cc2cc(=O)oc3cc(OC)ccc23)[NH+](C)C)c1. The molecule has 0 fully saturated rings. The van der Waals surface area contributed by atoms with Crippen LogP contribution in [0.3, 0.4) is 0 Å². The van der Waals surface area contributed by atoms with Crippen LogP contribution in [0.1, 0.15) is 17.2 Å². The summed E-state index contributed by atoms with van der Waals surface area (Å²) in [5.41, 5.74) is 2.41. The molecule has 1 aromatic heterocycles. The van der Waals surface area contributed by atoms with Crippen LogP contribution in [-0.2, 0) is 6.54 Å². The molecular weight excluding hydrogens is 356 g/mol. The Morgan fingerprint density at radius 3 is 2.50 bits per heavy atom. The molecule has 0 aliphatic carbocycles. The van der Waals surface area contributed by atoms with Crippen molar-refractivity contribution < 1.29 is 24.1 Å². The lowest BCUT2D eigenvalue weighted by Crippen LogP contribution is -3.09. The molecule has 2 aromatic carbocycles. The van der Waals surface area contributed by atoms with Gasteiger partial charge in [0.25, 0.3) is 0 Å². The summed E-state index contributed by atoms with van der Waals surface area (Å²) in [5, 5.41) is 3.17. The van der Waals surface area contributed by atoms with Gasteiger partial charge in [-0.05, 0) is 24.3 Å². The highest BCUT2D eigenvalue weighted by Crippen LogP contribution is 2.22. The summed E-state index contributed by atoms with van der Waals surface area (Å²) in [4.78, 5) is 13.3. The quantitative estimate of drug-likeness (QED) is 0.563. The van der Waals surface area contributed by atoms with Crippen LogP contribution in [-0.4, -0.2) is 34.9 Å². The van der Waals surface area contributed by atoms with Crippen molar-refractivity contribution in [3.63, 3.8) is 0 Å². The smallest absolute Gasteiger partial charge is 0.336 e. The maximum Gasteiger partial charge on any atom is 0.336 e. The van der Waals surface area contributed by atoms with Crippen molar-refractivity contribution in [1.82, 2.24) is 0 Å². The molecule has 0 amide bonds. The van der Waals surface area contributed by atoms with E-state index < -0.39 is 0 Å². The number of nitrogens with one attached hydrogen (secondary N) is 1. The van der Waals surface area contributed by atoms with E-state index in [1.54, 1.807) is 26.4 Å². The predicted octanol–water partition coefficient (Wildman–Crippen LogP) is 0.759. The minimum absolute atomic E-state index is 0.307. The molecule has 0 bridgehead atoms. The van der Waals surface area contributed by atoms with Gasteiger partial charge in [-0.1, -0.05) is 12.1 Å². The molecule has 3 aromatic rings. The van der Waals surface area contributed by atoms with Crippen molar-refractivity contribution in [3.8, 4) is 11.5 Å². The molecule has 0 aliphatic rings. The van der Waals surface area contributed by atoms with E-state index >= 15 is 0 Å². The van der Waals surface area contributed by atoms with E-state index in [9.17, 15) is 4.79 Å². The van der Waals surface area contributed by atoms with Crippen molar-refractivity contribution in [2.45, 2.75) is 12.6 Å². The van der Waals surface area contributed by atoms with Gasteiger partial charge in [-0.25, -0.2) is 4.79 Å². The number of rotatable bonds is 8. The Morgan fingerprint density at radius 2 is 1.79 bits per heavy atom. The molecule has 148 valence electrons. The van der Waals surface area contributed by atoms with Gasteiger partial charge < -0.3 is 24.1 Å². The molecule has 0 radical (unpaired) electrons. The Balaban J connectivity index is 1.78. The molecule has 0 unspecified atom stereocenters. The van der Waals surface area contributed by atoms with Crippen molar-refractivity contribution in [2.75, 3.05) is 34.9 Å². The van der Waals surface area contributed by atoms with Crippen molar-refractivity contribution >= 4 is 11.0 Å². The average Bonchev–Trinajstić information content (AvgIpc) is 2.70. The largest absolute Gasteiger partial charge is 0.497 e. The zero-order valence-electron chi connectivity index (χ0n) is 16.8. The first-order valence-corrected chi connectivity index (χ1v) is 9.38. The van der Waals surface area contributed by atoms with Crippen LogP contribution in [0.25, 0.3) is 11.0 Å². The fourth-order valence-corrected chi connectivity index (χ4v) is 3.47. The highest BCUT2D eigenvalue weighted by atomic mass is 16.5. The van der Waals surface area contributed by atoms with Gasteiger partial charge in [0.1, 0.15) is 30.2 Å². The van der Waals surface area contributed by atoms with Gasteiger partial charge in [0.15, 0.2) is 6.04 Å². The zero-order chi connectivity index (χ0) is 20.1. The second-order valence-electron chi connectivity index (χ2n) is 7.09. The number of hydrogen-bond donors (Lipinski definition) is 2. The van der Waals surface area contributed by atoms with E-state index in [-0.39, 0.29) is 5.63 Å². The second kappa shape index (κ2) is 8.91. The van der Waals surface area contributed by atoms with E-state index in [1.165, 1.54) is 10.5 Å². The van der Waals surface area contributed by atoms with Gasteiger partial charge in [-0.3, -0.25) is 0 Å². The van der Waals surface area contributed by atoms with Crippen LogP contribution >= 0.6 is 0 Å².